The van der Waals surface area contributed by atoms with Crippen molar-refractivity contribution < 1.29 is 9.53 Å². The Hall–Kier alpha value is -3.90. The third-order valence-corrected chi connectivity index (χ3v) is 6.61. The van der Waals surface area contributed by atoms with Crippen LogP contribution in [0.1, 0.15) is 27.9 Å². The molecule has 0 spiro atoms. The van der Waals surface area contributed by atoms with Crippen molar-refractivity contribution in [2.24, 2.45) is 5.10 Å². The van der Waals surface area contributed by atoms with E-state index in [2.05, 4.69) is 10.5 Å². The van der Waals surface area contributed by atoms with Gasteiger partial charge in [-0.15, -0.1) is 0 Å². The summed E-state index contributed by atoms with van der Waals surface area (Å²) in [5, 5.41) is 15.6. The fourth-order valence-electron chi connectivity index (χ4n) is 4.14. The summed E-state index contributed by atoms with van der Waals surface area (Å²) in [6.07, 6.45) is 3.45. The van der Waals surface area contributed by atoms with Gasteiger partial charge in [-0.3, -0.25) is 9.59 Å². The van der Waals surface area contributed by atoms with Gasteiger partial charge in [0.05, 0.1) is 19.4 Å². The summed E-state index contributed by atoms with van der Waals surface area (Å²) >= 11 is 12.7. The number of halogens is 2. The minimum atomic E-state index is -0.546. The molecule has 4 rings (SSSR count). The molecule has 10 heteroatoms. The summed E-state index contributed by atoms with van der Waals surface area (Å²) in [4.78, 5) is 25.3. The van der Waals surface area contributed by atoms with E-state index in [9.17, 15) is 14.9 Å². The Morgan fingerprint density at radius 3 is 2.62 bits per heavy atom. The predicted octanol–water partition coefficient (Wildman–Crippen LogP) is 4.63. The molecule has 1 N–H and O–H groups in total. The Bertz CT molecular complexity index is 1590. The third-order valence-electron chi connectivity index (χ3n) is 5.90. The standard InChI is InChI=1S/C27H23Cl2N5O3/c1-17-10-18(16-37-2)21(11-30)27(36)34(17)15-26(35)32-31-12-19-13-33(25-9-4-3-6-20(19)25)14-22-23(28)7-5-8-24(22)29/h3-10,12-13H,14-16H2,1-2H3,(H,32,35)/b31-12-. The number of rotatable bonds is 8. The van der Waals surface area contributed by atoms with Crippen molar-refractivity contribution in [3.05, 3.63) is 103 Å². The van der Waals surface area contributed by atoms with Crippen LogP contribution in [0.3, 0.4) is 0 Å². The number of carbonyl (C=O) groups is 1. The molecule has 0 unspecified atom stereocenters. The number of aromatic nitrogens is 2. The number of benzene rings is 2. The van der Waals surface area contributed by atoms with Crippen molar-refractivity contribution in [3.8, 4) is 6.07 Å². The number of ether oxygens (including phenoxy) is 1. The molecule has 37 heavy (non-hydrogen) atoms. The first-order valence-electron chi connectivity index (χ1n) is 11.3. The van der Waals surface area contributed by atoms with Crippen molar-refractivity contribution in [1.82, 2.24) is 14.6 Å². The second-order valence-electron chi connectivity index (χ2n) is 8.34. The van der Waals surface area contributed by atoms with Gasteiger partial charge in [0.1, 0.15) is 18.2 Å². The minimum absolute atomic E-state index is 0.0461. The lowest BCUT2D eigenvalue weighted by Gasteiger charge is -2.12. The maximum absolute atomic E-state index is 12.7. The molecule has 0 atom stereocenters. The van der Waals surface area contributed by atoms with Gasteiger partial charge in [-0.2, -0.15) is 10.4 Å². The van der Waals surface area contributed by atoms with Crippen LogP contribution in [-0.2, 0) is 29.2 Å². The van der Waals surface area contributed by atoms with Crippen LogP contribution in [0.4, 0.5) is 0 Å². The van der Waals surface area contributed by atoms with Crippen LogP contribution in [0.2, 0.25) is 10.0 Å². The highest BCUT2D eigenvalue weighted by atomic mass is 35.5. The molecule has 0 bridgehead atoms. The first-order chi connectivity index (χ1) is 17.8. The van der Waals surface area contributed by atoms with E-state index in [1.165, 1.54) is 11.7 Å². The quantitative estimate of drug-likeness (QED) is 0.262. The zero-order valence-electron chi connectivity index (χ0n) is 20.2. The predicted molar refractivity (Wildman–Crippen MR) is 144 cm³/mol. The summed E-state index contributed by atoms with van der Waals surface area (Å²) in [7, 11) is 1.48. The summed E-state index contributed by atoms with van der Waals surface area (Å²) in [6, 6.07) is 16.7. The molecule has 0 aliphatic rings. The molecule has 0 fully saturated rings. The molecule has 0 saturated carbocycles. The van der Waals surface area contributed by atoms with Crippen LogP contribution in [-0.4, -0.2) is 28.4 Å². The van der Waals surface area contributed by atoms with Crippen LogP contribution in [0.5, 0.6) is 0 Å². The zero-order chi connectivity index (χ0) is 26.5. The number of hydrogen-bond donors (Lipinski definition) is 1. The highest BCUT2D eigenvalue weighted by Crippen LogP contribution is 2.28. The van der Waals surface area contributed by atoms with Crippen LogP contribution >= 0.6 is 23.2 Å². The Morgan fingerprint density at radius 2 is 1.92 bits per heavy atom. The normalized spacial score (nSPS) is 11.2. The number of amides is 1. The van der Waals surface area contributed by atoms with Gasteiger partial charge in [-0.05, 0) is 31.2 Å². The minimum Gasteiger partial charge on any atom is -0.380 e. The molecule has 2 aromatic carbocycles. The van der Waals surface area contributed by atoms with Crippen molar-refractivity contribution >= 4 is 46.2 Å². The number of nitrogens with zero attached hydrogens (tertiary/aromatic N) is 4. The molecule has 2 aromatic heterocycles. The SMILES string of the molecule is COCc1cc(C)n(CC(=O)N/N=C\c2cn(Cc3c(Cl)cccc3Cl)c3ccccc23)c(=O)c1C#N. The van der Waals surface area contributed by atoms with Gasteiger partial charge in [0.25, 0.3) is 11.5 Å². The van der Waals surface area contributed by atoms with Gasteiger partial charge in [0, 0.05) is 56.6 Å². The number of methoxy groups -OCH3 is 1. The van der Waals surface area contributed by atoms with Gasteiger partial charge < -0.3 is 13.9 Å². The average molecular weight is 536 g/mol. The average Bonchev–Trinajstić information content (AvgIpc) is 3.22. The van der Waals surface area contributed by atoms with Gasteiger partial charge in [0.2, 0.25) is 0 Å². The van der Waals surface area contributed by atoms with E-state index in [0.717, 1.165) is 22.0 Å². The van der Waals surface area contributed by atoms with E-state index in [1.54, 1.807) is 37.4 Å². The highest BCUT2D eigenvalue weighted by molar-refractivity contribution is 6.36. The molecule has 2 heterocycles. The fourth-order valence-corrected chi connectivity index (χ4v) is 4.65. The first kappa shape index (κ1) is 26.2. The number of para-hydroxylation sites is 1. The van der Waals surface area contributed by atoms with Crippen LogP contribution in [0.15, 0.2) is 64.6 Å². The number of hydrazone groups is 1. The van der Waals surface area contributed by atoms with E-state index in [4.69, 9.17) is 27.9 Å². The van der Waals surface area contributed by atoms with Crippen molar-refractivity contribution in [1.29, 1.82) is 5.26 Å². The number of nitriles is 1. The van der Waals surface area contributed by atoms with Crippen LogP contribution in [0.25, 0.3) is 10.9 Å². The second-order valence-corrected chi connectivity index (χ2v) is 9.16. The summed E-state index contributed by atoms with van der Waals surface area (Å²) < 4.78 is 8.31. The molecule has 0 radical (unpaired) electrons. The number of pyridine rings is 1. The Labute approximate surface area is 223 Å². The summed E-state index contributed by atoms with van der Waals surface area (Å²) in [6.45, 7) is 2.00. The molecule has 0 aliphatic carbocycles. The lowest BCUT2D eigenvalue weighted by molar-refractivity contribution is -0.121. The van der Waals surface area contributed by atoms with Crippen molar-refractivity contribution in [2.75, 3.05) is 7.11 Å². The van der Waals surface area contributed by atoms with E-state index in [0.29, 0.717) is 27.8 Å². The lowest BCUT2D eigenvalue weighted by Crippen LogP contribution is -2.33. The van der Waals surface area contributed by atoms with Gasteiger partial charge in [-0.25, -0.2) is 5.43 Å². The van der Waals surface area contributed by atoms with Gasteiger partial charge in [-0.1, -0.05) is 47.5 Å². The molecular formula is C27H23Cl2N5O3. The van der Waals surface area contributed by atoms with Crippen LogP contribution in [0, 0.1) is 18.3 Å². The van der Waals surface area contributed by atoms with E-state index >= 15 is 0 Å². The fraction of sp³-hybridized carbons (Fsp3) is 0.185. The number of fused-ring (bicyclic) bond motifs is 1. The first-order valence-corrected chi connectivity index (χ1v) is 12.0. The molecule has 1 amide bonds. The largest absolute Gasteiger partial charge is 0.380 e. The number of carbonyl (C=O) groups excluding carboxylic acids is 1. The monoisotopic (exact) mass is 535 g/mol. The topological polar surface area (TPSA) is 101 Å². The van der Waals surface area contributed by atoms with E-state index in [-0.39, 0.29) is 18.7 Å². The van der Waals surface area contributed by atoms with E-state index in [1.807, 2.05) is 41.1 Å². The molecule has 188 valence electrons. The smallest absolute Gasteiger partial charge is 0.269 e. The third kappa shape index (κ3) is 5.59. The number of hydrogen-bond acceptors (Lipinski definition) is 5. The maximum Gasteiger partial charge on any atom is 0.269 e. The maximum atomic E-state index is 12.7. The Balaban J connectivity index is 1.54. The summed E-state index contributed by atoms with van der Waals surface area (Å²) in [5.41, 5.74) is 5.43. The highest BCUT2D eigenvalue weighted by Gasteiger charge is 2.15. The molecule has 0 saturated heterocycles. The summed E-state index contributed by atoms with van der Waals surface area (Å²) in [5.74, 6) is -0.503. The zero-order valence-corrected chi connectivity index (χ0v) is 21.7. The molecule has 4 aromatic rings. The van der Waals surface area contributed by atoms with Gasteiger partial charge >= 0.3 is 0 Å². The van der Waals surface area contributed by atoms with Gasteiger partial charge in [0.15, 0.2) is 0 Å². The molecule has 8 nitrogen and oxygen atoms in total. The van der Waals surface area contributed by atoms with Crippen molar-refractivity contribution in [3.63, 3.8) is 0 Å². The van der Waals surface area contributed by atoms with E-state index < -0.39 is 11.5 Å². The van der Waals surface area contributed by atoms with Crippen molar-refractivity contribution in [2.45, 2.75) is 26.6 Å². The lowest BCUT2D eigenvalue weighted by atomic mass is 10.1. The molecular weight excluding hydrogens is 513 g/mol. The number of aryl methyl sites for hydroxylation is 1. The second kappa shape index (κ2) is 11.4. The Kier molecular flexibility index (Phi) is 8.09. The Morgan fingerprint density at radius 1 is 1.19 bits per heavy atom. The van der Waals surface area contributed by atoms with Crippen LogP contribution < -0.4 is 11.0 Å². The number of nitrogens with one attached hydrogen (secondary N) is 1. The molecule has 0 aliphatic heterocycles.